The van der Waals surface area contributed by atoms with Gasteiger partial charge in [-0.1, -0.05) is 24.3 Å². The van der Waals surface area contributed by atoms with Crippen LogP contribution in [0.15, 0.2) is 58.3 Å². The molecule has 0 bridgehead atoms. The third-order valence-electron chi connectivity index (χ3n) is 2.54. The minimum atomic E-state index is -3.78. The maximum Gasteiger partial charge on any atom is 0.348 e. The quantitative estimate of drug-likeness (QED) is 0.696. The Labute approximate surface area is 114 Å². The fourth-order valence-electron chi connectivity index (χ4n) is 1.71. The third kappa shape index (κ3) is 2.32. The molecule has 19 heavy (non-hydrogen) atoms. The third-order valence-corrected chi connectivity index (χ3v) is 5.13. The summed E-state index contributed by atoms with van der Waals surface area (Å²) < 4.78 is 29.5. The van der Waals surface area contributed by atoms with E-state index in [9.17, 15) is 8.42 Å². The van der Waals surface area contributed by atoms with Gasteiger partial charge in [-0.25, -0.2) is 0 Å². The second-order valence-corrected chi connectivity index (χ2v) is 6.52. The highest BCUT2D eigenvalue weighted by Crippen LogP contribution is 2.27. The molecule has 0 atom stereocenters. The Kier molecular flexibility index (Phi) is 2.96. The molecule has 0 saturated heterocycles. The summed E-state index contributed by atoms with van der Waals surface area (Å²) in [6.45, 7) is 0. The van der Waals surface area contributed by atoms with Gasteiger partial charge in [-0.05, 0) is 23.6 Å². The Hall–Kier alpha value is -1.92. The average molecular weight is 291 g/mol. The second kappa shape index (κ2) is 4.64. The molecular formula is C13H9NO3S2. The predicted octanol–water partition coefficient (Wildman–Crippen LogP) is 3.06. The number of hydrogen-bond donors (Lipinski definition) is 0. The maximum atomic E-state index is 12.1. The van der Waals surface area contributed by atoms with Gasteiger partial charge in [0.05, 0.1) is 0 Å². The van der Waals surface area contributed by atoms with Gasteiger partial charge in [0, 0.05) is 11.6 Å². The van der Waals surface area contributed by atoms with Crippen LogP contribution in [-0.2, 0) is 10.1 Å². The number of nitrogens with zero attached hydrogens (tertiary/aromatic N) is 1. The lowest BCUT2D eigenvalue weighted by Crippen LogP contribution is -2.08. The number of rotatable bonds is 3. The number of fused-ring (bicyclic) bond motifs is 1. The first-order chi connectivity index (χ1) is 9.17. The van der Waals surface area contributed by atoms with Crippen molar-refractivity contribution < 1.29 is 12.6 Å². The average Bonchev–Trinajstić information content (AvgIpc) is 2.93. The molecule has 0 spiro atoms. The van der Waals surface area contributed by atoms with E-state index in [1.54, 1.807) is 35.8 Å². The van der Waals surface area contributed by atoms with Crippen LogP contribution in [-0.4, -0.2) is 13.4 Å². The van der Waals surface area contributed by atoms with Gasteiger partial charge in [-0.15, -0.1) is 11.3 Å². The zero-order valence-corrected chi connectivity index (χ0v) is 11.3. The van der Waals surface area contributed by atoms with Crippen LogP contribution < -0.4 is 4.18 Å². The molecular weight excluding hydrogens is 282 g/mol. The van der Waals surface area contributed by atoms with Gasteiger partial charge < -0.3 is 4.18 Å². The normalized spacial score (nSPS) is 11.6. The van der Waals surface area contributed by atoms with Crippen LogP contribution in [0.5, 0.6) is 5.75 Å². The van der Waals surface area contributed by atoms with Crippen LogP contribution in [0.2, 0.25) is 0 Å². The first kappa shape index (κ1) is 12.1. The summed E-state index contributed by atoms with van der Waals surface area (Å²) in [6.07, 6.45) is 1.60. The van der Waals surface area contributed by atoms with E-state index in [0.717, 1.165) is 16.7 Å². The highest BCUT2D eigenvalue weighted by molar-refractivity contribution is 7.89. The van der Waals surface area contributed by atoms with E-state index in [4.69, 9.17) is 4.18 Å². The number of benzene rings is 1. The SMILES string of the molecule is O=S(=O)(Oc1cccc2cccnc12)c1cccs1. The van der Waals surface area contributed by atoms with E-state index in [1.807, 2.05) is 12.1 Å². The van der Waals surface area contributed by atoms with Crippen molar-refractivity contribution in [2.24, 2.45) is 0 Å². The summed E-state index contributed by atoms with van der Waals surface area (Å²) in [5.74, 6) is 0.242. The van der Waals surface area contributed by atoms with Crippen molar-refractivity contribution in [1.82, 2.24) is 4.98 Å². The zero-order chi connectivity index (χ0) is 13.3. The summed E-state index contributed by atoms with van der Waals surface area (Å²) in [5.41, 5.74) is 0.533. The van der Waals surface area contributed by atoms with Crippen molar-refractivity contribution in [1.29, 1.82) is 0 Å². The Morgan fingerprint density at radius 2 is 1.89 bits per heavy atom. The van der Waals surface area contributed by atoms with Crippen molar-refractivity contribution >= 4 is 32.4 Å². The Bertz CT molecular complexity index is 806. The van der Waals surface area contributed by atoms with Gasteiger partial charge in [0.2, 0.25) is 0 Å². The van der Waals surface area contributed by atoms with Crippen molar-refractivity contribution in [2.45, 2.75) is 4.21 Å². The van der Waals surface area contributed by atoms with Crippen molar-refractivity contribution in [3.8, 4) is 5.75 Å². The number of para-hydroxylation sites is 1. The van der Waals surface area contributed by atoms with Gasteiger partial charge in [0.25, 0.3) is 0 Å². The molecule has 4 nitrogen and oxygen atoms in total. The second-order valence-electron chi connectivity index (χ2n) is 3.80. The largest absolute Gasteiger partial charge is 0.376 e. The monoisotopic (exact) mass is 291 g/mol. The number of hydrogen-bond acceptors (Lipinski definition) is 5. The number of pyridine rings is 1. The van der Waals surface area contributed by atoms with Crippen molar-refractivity contribution in [3.05, 3.63) is 54.0 Å². The lowest BCUT2D eigenvalue weighted by atomic mass is 10.2. The van der Waals surface area contributed by atoms with E-state index >= 15 is 0 Å². The lowest BCUT2D eigenvalue weighted by Gasteiger charge is -2.07. The van der Waals surface area contributed by atoms with Gasteiger partial charge >= 0.3 is 10.1 Å². The molecule has 1 aromatic carbocycles. The molecule has 0 aliphatic carbocycles. The molecule has 0 amide bonds. The number of aromatic nitrogens is 1. The van der Waals surface area contributed by atoms with Crippen LogP contribution in [0.25, 0.3) is 10.9 Å². The van der Waals surface area contributed by atoms with E-state index in [-0.39, 0.29) is 9.96 Å². The van der Waals surface area contributed by atoms with Gasteiger partial charge in [0.15, 0.2) is 9.96 Å². The molecule has 0 aliphatic rings. The smallest absolute Gasteiger partial charge is 0.348 e. The lowest BCUT2D eigenvalue weighted by molar-refractivity contribution is 0.490. The van der Waals surface area contributed by atoms with Crippen molar-refractivity contribution in [2.75, 3.05) is 0 Å². The first-order valence-electron chi connectivity index (χ1n) is 5.48. The predicted molar refractivity (Wildman–Crippen MR) is 73.9 cm³/mol. The van der Waals surface area contributed by atoms with Crippen LogP contribution >= 0.6 is 11.3 Å². The van der Waals surface area contributed by atoms with Crippen molar-refractivity contribution in [3.63, 3.8) is 0 Å². The zero-order valence-electron chi connectivity index (χ0n) is 9.68. The minimum Gasteiger partial charge on any atom is -0.376 e. The van der Waals surface area contributed by atoms with E-state index < -0.39 is 10.1 Å². The van der Waals surface area contributed by atoms with E-state index in [1.165, 1.54) is 6.07 Å². The van der Waals surface area contributed by atoms with Crippen LogP contribution in [0.3, 0.4) is 0 Å². The molecule has 3 rings (SSSR count). The van der Waals surface area contributed by atoms with Crippen LogP contribution in [0.4, 0.5) is 0 Å². The molecule has 0 fully saturated rings. The fraction of sp³-hybridized carbons (Fsp3) is 0. The molecule has 0 unspecified atom stereocenters. The van der Waals surface area contributed by atoms with E-state index in [0.29, 0.717) is 5.52 Å². The molecule has 6 heteroatoms. The summed E-state index contributed by atoms with van der Waals surface area (Å²) in [7, 11) is -3.78. The Morgan fingerprint density at radius 1 is 1.05 bits per heavy atom. The first-order valence-corrected chi connectivity index (χ1v) is 7.77. The number of thiophene rings is 1. The Morgan fingerprint density at radius 3 is 2.68 bits per heavy atom. The highest BCUT2D eigenvalue weighted by atomic mass is 32.3. The molecule has 0 saturated carbocycles. The maximum absolute atomic E-state index is 12.1. The highest BCUT2D eigenvalue weighted by Gasteiger charge is 2.19. The molecule has 0 N–H and O–H groups in total. The van der Waals surface area contributed by atoms with Gasteiger partial charge in [-0.3, -0.25) is 4.98 Å². The summed E-state index contributed by atoms with van der Waals surface area (Å²) in [5, 5.41) is 2.53. The molecule has 2 aromatic heterocycles. The minimum absolute atomic E-state index is 0.181. The van der Waals surface area contributed by atoms with Crippen LogP contribution in [0.1, 0.15) is 0 Å². The summed E-state index contributed by atoms with van der Waals surface area (Å²) in [4.78, 5) is 4.16. The van der Waals surface area contributed by atoms with Gasteiger partial charge in [-0.2, -0.15) is 8.42 Å². The molecule has 96 valence electrons. The summed E-state index contributed by atoms with van der Waals surface area (Å²) >= 11 is 1.12. The van der Waals surface area contributed by atoms with E-state index in [2.05, 4.69) is 4.98 Å². The summed E-state index contributed by atoms with van der Waals surface area (Å²) in [6, 6.07) is 12.0. The van der Waals surface area contributed by atoms with Gasteiger partial charge in [0.1, 0.15) is 5.52 Å². The van der Waals surface area contributed by atoms with Crippen LogP contribution in [0, 0.1) is 0 Å². The molecule has 2 heterocycles. The molecule has 3 aromatic rings. The molecule has 0 aliphatic heterocycles. The Balaban J connectivity index is 2.07. The topological polar surface area (TPSA) is 56.3 Å². The fourth-order valence-corrected chi connectivity index (χ4v) is 3.60. The standard InChI is InChI=1S/C13H9NO3S2/c15-19(16,12-7-3-9-18-12)17-11-6-1-4-10-5-2-8-14-13(10)11/h1-9H. The molecule has 0 radical (unpaired) electrons.